The molecule has 7 heteroatoms. The maximum absolute atomic E-state index is 12.4. The quantitative estimate of drug-likeness (QED) is 0.836. The Labute approximate surface area is 157 Å². The first kappa shape index (κ1) is 18.3. The van der Waals surface area contributed by atoms with Crippen LogP contribution in [0.3, 0.4) is 0 Å². The normalized spacial score (nSPS) is 20.8. The summed E-state index contributed by atoms with van der Waals surface area (Å²) in [7, 11) is 1.70. The van der Waals surface area contributed by atoms with Crippen molar-refractivity contribution in [1.29, 1.82) is 0 Å². The number of halogens is 2. The molecule has 0 saturated carbocycles. The van der Waals surface area contributed by atoms with E-state index in [0.717, 1.165) is 6.54 Å². The van der Waals surface area contributed by atoms with Crippen LogP contribution in [0.2, 0.25) is 10.2 Å². The van der Waals surface area contributed by atoms with Gasteiger partial charge in [0.25, 0.3) is 5.91 Å². The van der Waals surface area contributed by atoms with E-state index in [1.165, 1.54) is 5.56 Å². The van der Waals surface area contributed by atoms with Gasteiger partial charge in [-0.3, -0.25) is 9.69 Å². The minimum absolute atomic E-state index is 0.0883. The third-order valence-electron chi connectivity index (χ3n) is 4.58. The summed E-state index contributed by atoms with van der Waals surface area (Å²) in [6.45, 7) is 1.82. The zero-order chi connectivity index (χ0) is 18.0. The second-order valence-electron chi connectivity index (χ2n) is 6.40. The molecular formula is C18H21Cl2N3O2. The van der Waals surface area contributed by atoms with Gasteiger partial charge in [0.15, 0.2) is 0 Å². The topological polar surface area (TPSA) is 57.5 Å². The van der Waals surface area contributed by atoms with Crippen molar-refractivity contribution in [2.45, 2.75) is 25.1 Å². The summed E-state index contributed by atoms with van der Waals surface area (Å²) in [6, 6.07) is 11.8. The van der Waals surface area contributed by atoms with Crippen LogP contribution in [0, 0.1) is 0 Å². The average Bonchev–Trinajstić information content (AvgIpc) is 3.07. The molecule has 0 aliphatic carbocycles. The Morgan fingerprint density at radius 2 is 2.04 bits per heavy atom. The number of nitrogens with one attached hydrogen (secondary N) is 1. The lowest BCUT2D eigenvalue weighted by atomic mass is 10.1. The van der Waals surface area contributed by atoms with E-state index < -0.39 is 0 Å². The van der Waals surface area contributed by atoms with Crippen LogP contribution in [-0.4, -0.2) is 45.7 Å². The molecule has 0 spiro atoms. The molecule has 1 saturated heterocycles. The van der Waals surface area contributed by atoms with Crippen molar-refractivity contribution in [2.75, 3.05) is 13.1 Å². The number of hydrogen-bond acceptors (Lipinski definition) is 3. The lowest BCUT2D eigenvalue weighted by Crippen LogP contribution is -2.40. The SMILES string of the molecule is Cn1c(C(=O)NC[C@@H]2C[C@H](O)CN2Cc2ccccc2)cc(Cl)c1Cl. The summed E-state index contributed by atoms with van der Waals surface area (Å²) < 4.78 is 1.56. The van der Waals surface area contributed by atoms with E-state index in [1.807, 2.05) is 18.2 Å². The van der Waals surface area contributed by atoms with E-state index >= 15 is 0 Å². The van der Waals surface area contributed by atoms with Crippen LogP contribution in [-0.2, 0) is 13.6 Å². The highest BCUT2D eigenvalue weighted by Gasteiger charge is 2.31. The largest absolute Gasteiger partial charge is 0.392 e. The third-order valence-corrected chi connectivity index (χ3v) is 5.42. The molecule has 2 aromatic rings. The minimum atomic E-state index is -0.371. The van der Waals surface area contributed by atoms with Crippen molar-refractivity contribution in [3.05, 3.63) is 57.8 Å². The number of rotatable bonds is 5. The van der Waals surface area contributed by atoms with Crippen molar-refractivity contribution >= 4 is 29.1 Å². The van der Waals surface area contributed by atoms with Gasteiger partial charge in [0.1, 0.15) is 10.8 Å². The fourth-order valence-electron chi connectivity index (χ4n) is 3.24. The fourth-order valence-corrected chi connectivity index (χ4v) is 3.62. The van der Waals surface area contributed by atoms with E-state index in [1.54, 1.807) is 17.7 Å². The van der Waals surface area contributed by atoms with Crippen LogP contribution >= 0.6 is 23.2 Å². The predicted octanol–water partition coefficient (Wildman–Crippen LogP) is 2.70. The number of amides is 1. The first-order valence-corrected chi connectivity index (χ1v) is 8.96. The number of hydrogen-bond donors (Lipinski definition) is 2. The lowest BCUT2D eigenvalue weighted by Gasteiger charge is -2.24. The van der Waals surface area contributed by atoms with Crippen molar-refractivity contribution in [2.24, 2.45) is 7.05 Å². The number of carbonyl (C=O) groups is 1. The molecule has 5 nitrogen and oxygen atoms in total. The highest BCUT2D eigenvalue weighted by atomic mass is 35.5. The number of β-amino-alcohol motifs (C(OH)–C–C–N with tert-alkyl or cyclic N) is 1. The van der Waals surface area contributed by atoms with Gasteiger partial charge in [-0.1, -0.05) is 53.5 Å². The first-order chi connectivity index (χ1) is 12.0. The zero-order valence-corrected chi connectivity index (χ0v) is 15.5. The standard InChI is InChI=1S/C18H21Cl2N3O2/c1-22-16(8-15(19)17(22)20)18(25)21-9-13-7-14(24)11-23(13)10-12-5-3-2-4-6-12/h2-6,8,13-14,24H,7,9-11H2,1H3,(H,21,25)/t13-,14-/m0/s1. The number of nitrogens with zero attached hydrogens (tertiary/aromatic N) is 2. The minimum Gasteiger partial charge on any atom is -0.392 e. The molecule has 1 aliphatic rings. The Balaban J connectivity index is 1.62. The summed E-state index contributed by atoms with van der Waals surface area (Å²) in [4.78, 5) is 14.6. The highest BCUT2D eigenvalue weighted by molar-refractivity contribution is 6.41. The van der Waals surface area contributed by atoms with Gasteiger partial charge < -0.3 is 15.0 Å². The summed E-state index contributed by atoms with van der Waals surface area (Å²) in [5, 5.41) is 13.6. The molecule has 0 bridgehead atoms. The number of aliphatic hydroxyl groups excluding tert-OH is 1. The molecule has 1 aromatic carbocycles. The summed E-state index contributed by atoms with van der Waals surface area (Å²) >= 11 is 12.0. The van der Waals surface area contributed by atoms with Crippen LogP contribution < -0.4 is 5.32 Å². The lowest BCUT2D eigenvalue weighted by molar-refractivity contribution is 0.0931. The number of benzene rings is 1. The van der Waals surface area contributed by atoms with E-state index in [-0.39, 0.29) is 18.1 Å². The molecule has 0 radical (unpaired) electrons. The van der Waals surface area contributed by atoms with Gasteiger partial charge in [0.05, 0.1) is 11.1 Å². The molecule has 134 valence electrons. The molecule has 2 atom stereocenters. The maximum atomic E-state index is 12.4. The number of likely N-dealkylation sites (tertiary alicyclic amines) is 1. The average molecular weight is 382 g/mol. The van der Waals surface area contributed by atoms with E-state index in [9.17, 15) is 9.90 Å². The predicted molar refractivity (Wildman–Crippen MR) is 99.0 cm³/mol. The van der Waals surface area contributed by atoms with Crippen LogP contribution in [0.1, 0.15) is 22.5 Å². The van der Waals surface area contributed by atoms with E-state index in [4.69, 9.17) is 23.2 Å². The van der Waals surface area contributed by atoms with Gasteiger partial charge in [-0.05, 0) is 18.1 Å². The van der Waals surface area contributed by atoms with Crippen molar-refractivity contribution < 1.29 is 9.90 Å². The molecule has 2 heterocycles. The van der Waals surface area contributed by atoms with Crippen LogP contribution in [0.4, 0.5) is 0 Å². The van der Waals surface area contributed by atoms with Crippen LogP contribution in [0.5, 0.6) is 0 Å². The van der Waals surface area contributed by atoms with Crippen LogP contribution in [0.25, 0.3) is 0 Å². The monoisotopic (exact) mass is 381 g/mol. The van der Waals surface area contributed by atoms with Crippen molar-refractivity contribution in [1.82, 2.24) is 14.8 Å². The molecule has 0 unspecified atom stereocenters. The van der Waals surface area contributed by atoms with Gasteiger partial charge >= 0.3 is 0 Å². The van der Waals surface area contributed by atoms with Gasteiger partial charge in [0.2, 0.25) is 0 Å². The van der Waals surface area contributed by atoms with Crippen molar-refractivity contribution in [3.8, 4) is 0 Å². The summed E-state index contributed by atoms with van der Waals surface area (Å²) in [5.74, 6) is -0.225. The number of aromatic nitrogens is 1. The number of aliphatic hydroxyl groups is 1. The zero-order valence-electron chi connectivity index (χ0n) is 14.0. The molecular weight excluding hydrogens is 361 g/mol. The summed E-state index contributed by atoms with van der Waals surface area (Å²) in [5.41, 5.74) is 1.61. The second-order valence-corrected chi connectivity index (χ2v) is 7.16. The van der Waals surface area contributed by atoms with Gasteiger partial charge in [-0.15, -0.1) is 0 Å². The Kier molecular flexibility index (Phi) is 5.69. The maximum Gasteiger partial charge on any atom is 0.268 e. The third kappa shape index (κ3) is 4.18. The molecule has 1 aliphatic heterocycles. The molecule has 3 rings (SSSR count). The van der Waals surface area contributed by atoms with Gasteiger partial charge in [0, 0.05) is 32.7 Å². The van der Waals surface area contributed by atoms with E-state index in [0.29, 0.717) is 35.4 Å². The van der Waals surface area contributed by atoms with Gasteiger partial charge in [-0.2, -0.15) is 0 Å². The molecule has 1 aromatic heterocycles. The molecule has 1 fully saturated rings. The molecule has 1 amide bonds. The smallest absolute Gasteiger partial charge is 0.268 e. The second kappa shape index (κ2) is 7.79. The Morgan fingerprint density at radius 1 is 1.32 bits per heavy atom. The first-order valence-electron chi connectivity index (χ1n) is 8.20. The molecule has 2 N–H and O–H groups in total. The number of carbonyl (C=O) groups excluding carboxylic acids is 1. The Morgan fingerprint density at radius 3 is 2.68 bits per heavy atom. The van der Waals surface area contributed by atoms with Gasteiger partial charge in [-0.25, -0.2) is 0 Å². The fraction of sp³-hybridized carbons (Fsp3) is 0.389. The molecule has 25 heavy (non-hydrogen) atoms. The Bertz CT molecular complexity index is 748. The Hall–Kier alpha value is -1.53. The van der Waals surface area contributed by atoms with E-state index in [2.05, 4.69) is 22.3 Å². The highest BCUT2D eigenvalue weighted by Crippen LogP contribution is 2.25. The summed E-state index contributed by atoms with van der Waals surface area (Å²) in [6.07, 6.45) is 0.270. The van der Waals surface area contributed by atoms with Crippen LogP contribution in [0.15, 0.2) is 36.4 Å². The van der Waals surface area contributed by atoms with Crippen molar-refractivity contribution in [3.63, 3.8) is 0 Å².